The van der Waals surface area contributed by atoms with E-state index >= 15 is 0 Å². The lowest BCUT2D eigenvalue weighted by molar-refractivity contribution is -0.140. The Kier molecular flexibility index (Phi) is 3.50. The van der Waals surface area contributed by atoms with Crippen LogP contribution in [0.5, 0.6) is 0 Å². The number of nitrogens with one attached hydrogen (secondary N) is 2. The molecule has 0 aromatic carbocycles. The Bertz CT molecular complexity index is 384. The molecule has 0 aromatic rings. The van der Waals surface area contributed by atoms with Crippen molar-refractivity contribution in [1.82, 2.24) is 15.5 Å². The number of hydrogen-bond acceptors (Lipinski definition) is 4. The van der Waals surface area contributed by atoms with E-state index in [1.807, 2.05) is 26.1 Å². The number of amides is 5. The summed E-state index contributed by atoms with van der Waals surface area (Å²) in [5.74, 6) is -2.15. The van der Waals surface area contributed by atoms with Crippen molar-refractivity contribution in [1.29, 1.82) is 0 Å². The van der Waals surface area contributed by atoms with E-state index in [0.717, 1.165) is 4.90 Å². The van der Waals surface area contributed by atoms with Crippen molar-refractivity contribution in [2.45, 2.75) is 32.7 Å². The molecule has 1 rings (SSSR count). The second kappa shape index (κ2) is 4.52. The first-order valence-electron chi connectivity index (χ1n) is 5.18. The van der Waals surface area contributed by atoms with Crippen molar-refractivity contribution in [3.05, 3.63) is 0 Å². The Morgan fingerprint density at radius 3 is 2.29 bits per heavy atom. The third-order valence-electron chi connectivity index (χ3n) is 1.98. The van der Waals surface area contributed by atoms with Gasteiger partial charge < -0.3 is 5.32 Å². The summed E-state index contributed by atoms with van der Waals surface area (Å²) >= 11 is 0. The topological polar surface area (TPSA) is 95.6 Å². The van der Waals surface area contributed by atoms with Gasteiger partial charge in [0.1, 0.15) is 0 Å². The van der Waals surface area contributed by atoms with Crippen LogP contribution in [0.1, 0.15) is 27.2 Å². The number of hydrogen-bond donors (Lipinski definition) is 2. The molecule has 0 aromatic heterocycles. The Morgan fingerprint density at radius 1 is 1.29 bits per heavy atom. The molecule has 0 radical (unpaired) electrons. The summed E-state index contributed by atoms with van der Waals surface area (Å²) < 4.78 is 0. The number of carbonyl (C=O) groups is 4. The van der Waals surface area contributed by atoms with E-state index < -0.39 is 17.8 Å². The summed E-state index contributed by atoms with van der Waals surface area (Å²) in [6.07, 6.45) is -0.0241. The van der Waals surface area contributed by atoms with E-state index in [-0.39, 0.29) is 24.4 Å². The summed E-state index contributed by atoms with van der Waals surface area (Å²) in [5, 5.41) is 4.55. The largest absolute Gasteiger partial charge is 0.351 e. The summed E-state index contributed by atoms with van der Waals surface area (Å²) in [6.45, 7) is 5.37. The fraction of sp³-hybridized carbons (Fsp3) is 0.600. The van der Waals surface area contributed by atoms with Crippen LogP contribution in [0.15, 0.2) is 0 Å². The van der Waals surface area contributed by atoms with Crippen molar-refractivity contribution in [2.75, 3.05) is 6.54 Å². The SMILES string of the molecule is CC(C)(C)NC(=O)CCN1C(=O)NC(=O)C1=O. The quantitative estimate of drug-likeness (QED) is 0.508. The molecule has 1 saturated heterocycles. The molecule has 1 aliphatic rings. The minimum atomic E-state index is -0.953. The molecule has 0 spiro atoms. The number of carbonyl (C=O) groups excluding carboxylic acids is 4. The zero-order valence-electron chi connectivity index (χ0n) is 9.99. The molecule has 0 bridgehead atoms. The molecule has 7 nitrogen and oxygen atoms in total. The summed E-state index contributed by atoms with van der Waals surface area (Å²) in [6, 6.07) is -0.774. The van der Waals surface area contributed by atoms with Gasteiger partial charge in [0.05, 0.1) is 0 Å². The molecule has 0 unspecified atom stereocenters. The van der Waals surface area contributed by atoms with Crippen LogP contribution in [0.25, 0.3) is 0 Å². The first-order valence-corrected chi connectivity index (χ1v) is 5.18. The highest BCUT2D eigenvalue weighted by molar-refractivity contribution is 6.44. The molecule has 0 saturated carbocycles. The zero-order chi connectivity index (χ0) is 13.2. The van der Waals surface area contributed by atoms with Crippen molar-refractivity contribution in [3.63, 3.8) is 0 Å². The Balaban J connectivity index is 2.46. The lowest BCUT2D eigenvalue weighted by Gasteiger charge is -2.21. The van der Waals surface area contributed by atoms with Gasteiger partial charge in [-0.05, 0) is 20.8 Å². The second-order valence-corrected chi connectivity index (χ2v) is 4.76. The fourth-order valence-corrected chi connectivity index (χ4v) is 1.33. The van der Waals surface area contributed by atoms with Crippen molar-refractivity contribution < 1.29 is 19.2 Å². The molecule has 0 aliphatic carbocycles. The predicted molar refractivity (Wildman–Crippen MR) is 57.8 cm³/mol. The van der Waals surface area contributed by atoms with Gasteiger partial charge in [0.2, 0.25) is 5.91 Å². The van der Waals surface area contributed by atoms with Gasteiger partial charge in [0.15, 0.2) is 0 Å². The summed E-state index contributed by atoms with van der Waals surface area (Å²) in [4.78, 5) is 45.3. The molecule has 2 N–H and O–H groups in total. The van der Waals surface area contributed by atoms with Crippen molar-refractivity contribution in [2.24, 2.45) is 0 Å². The molecule has 0 atom stereocenters. The van der Waals surface area contributed by atoms with Crippen molar-refractivity contribution in [3.8, 4) is 0 Å². The molecular formula is C10H15N3O4. The maximum atomic E-state index is 11.4. The number of nitrogens with zero attached hydrogens (tertiary/aromatic N) is 1. The minimum absolute atomic E-state index is 0.0241. The van der Waals surface area contributed by atoms with Gasteiger partial charge in [-0.3, -0.25) is 24.6 Å². The van der Waals surface area contributed by atoms with Crippen molar-refractivity contribution >= 4 is 23.8 Å². The summed E-state index contributed by atoms with van der Waals surface area (Å²) in [7, 11) is 0. The van der Waals surface area contributed by atoms with Gasteiger partial charge in [-0.2, -0.15) is 0 Å². The van der Waals surface area contributed by atoms with E-state index in [0.29, 0.717) is 0 Å². The standard InChI is InChI=1S/C10H15N3O4/c1-10(2,3)12-6(14)4-5-13-8(16)7(15)11-9(13)17/h4-5H2,1-3H3,(H,12,14)(H,11,15,17). The highest BCUT2D eigenvalue weighted by Gasteiger charge is 2.36. The molecule has 17 heavy (non-hydrogen) atoms. The lowest BCUT2D eigenvalue weighted by atomic mass is 10.1. The van der Waals surface area contributed by atoms with Crippen LogP contribution in [-0.2, 0) is 14.4 Å². The van der Waals surface area contributed by atoms with Gasteiger partial charge in [0.25, 0.3) is 0 Å². The molecule has 1 fully saturated rings. The average molecular weight is 241 g/mol. The molecule has 7 heteroatoms. The first kappa shape index (κ1) is 13.1. The first-order chi connectivity index (χ1) is 7.70. The van der Waals surface area contributed by atoms with Gasteiger partial charge in [-0.25, -0.2) is 4.79 Å². The monoisotopic (exact) mass is 241 g/mol. The summed E-state index contributed by atoms with van der Waals surface area (Å²) in [5.41, 5.74) is -0.371. The smallest absolute Gasteiger partial charge is 0.331 e. The molecule has 1 aliphatic heterocycles. The number of urea groups is 1. The zero-order valence-corrected chi connectivity index (χ0v) is 9.99. The van der Waals surface area contributed by atoms with Gasteiger partial charge >= 0.3 is 17.8 Å². The van der Waals surface area contributed by atoms with E-state index in [9.17, 15) is 19.2 Å². The fourth-order valence-electron chi connectivity index (χ4n) is 1.33. The Hall–Kier alpha value is -1.92. The Labute approximate surface area is 98.5 Å². The average Bonchev–Trinajstić information content (AvgIpc) is 2.36. The third-order valence-corrected chi connectivity index (χ3v) is 1.98. The van der Waals surface area contributed by atoms with Crippen LogP contribution in [0.3, 0.4) is 0 Å². The highest BCUT2D eigenvalue weighted by Crippen LogP contribution is 2.03. The number of imide groups is 2. The molecule has 94 valence electrons. The van der Waals surface area contributed by atoms with Gasteiger partial charge in [0, 0.05) is 18.5 Å². The van der Waals surface area contributed by atoms with Crippen LogP contribution in [-0.4, -0.2) is 40.7 Å². The minimum Gasteiger partial charge on any atom is -0.351 e. The molecule has 1 heterocycles. The van der Waals surface area contributed by atoms with E-state index in [1.54, 1.807) is 0 Å². The highest BCUT2D eigenvalue weighted by atomic mass is 16.2. The third kappa shape index (κ3) is 3.54. The Morgan fingerprint density at radius 2 is 1.88 bits per heavy atom. The van der Waals surface area contributed by atoms with E-state index in [2.05, 4.69) is 5.32 Å². The number of rotatable bonds is 3. The predicted octanol–water partition coefficient (Wildman–Crippen LogP) is -0.630. The maximum absolute atomic E-state index is 11.4. The normalized spacial score (nSPS) is 16.2. The van der Waals surface area contributed by atoms with E-state index in [4.69, 9.17) is 0 Å². The van der Waals surface area contributed by atoms with Crippen LogP contribution in [0.2, 0.25) is 0 Å². The van der Waals surface area contributed by atoms with E-state index in [1.165, 1.54) is 0 Å². The van der Waals surface area contributed by atoms with Crippen LogP contribution in [0.4, 0.5) is 4.79 Å². The van der Waals surface area contributed by atoms with Crippen LogP contribution in [0, 0.1) is 0 Å². The molecular weight excluding hydrogens is 226 g/mol. The maximum Gasteiger partial charge on any atom is 0.331 e. The van der Waals surface area contributed by atoms with Gasteiger partial charge in [-0.15, -0.1) is 0 Å². The van der Waals surface area contributed by atoms with Gasteiger partial charge in [-0.1, -0.05) is 0 Å². The van der Waals surface area contributed by atoms with Crippen LogP contribution < -0.4 is 10.6 Å². The lowest BCUT2D eigenvalue weighted by Crippen LogP contribution is -2.42. The second-order valence-electron chi connectivity index (χ2n) is 4.76. The molecule has 5 amide bonds. The van der Waals surface area contributed by atoms with Crippen LogP contribution >= 0.6 is 0 Å².